The van der Waals surface area contributed by atoms with Gasteiger partial charge in [0.25, 0.3) is 0 Å². The number of hydrogen-bond acceptors (Lipinski definition) is 6. The van der Waals surface area contributed by atoms with Crippen LogP contribution in [0.3, 0.4) is 0 Å². The van der Waals surface area contributed by atoms with Gasteiger partial charge in [0.1, 0.15) is 0 Å². The first kappa shape index (κ1) is 30.7. The maximum atomic E-state index is 6.24. The Hall–Kier alpha value is -6.89. The molecule has 2 aliphatic rings. The Morgan fingerprint density at radius 3 is 1.28 bits per heavy atom. The summed E-state index contributed by atoms with van der Waals surface area (Å²) in [5.74, 6) is 1.68. The molecule has 11 rings (SSSR count). The van der Waals surface area contributed by atoms with Crippen molar-refractivity contribution in [1.82, 2.24) is 9.97 Å². The third-order valence-electron chi connectivity index (χ3n) is 10.4. The zero-order valence-corrected chi connectivity index (χ0v) is 29.7. The molecule has 0 unspecified atom stereocenters. The van der Waals surface area contributed by atoms with Crippen LogP contribution in [-0.2, 0) is 0 Å². The van der Waals surface area contributed by atoms with Crippen LogP contribution in [0.4, 0.5) is 34.1 Å². The van der Waals surface area contributed by atoms with Gasteiger partial charge in [-0.15, -0.1) is 0 Å². The molecule has 0 saturated carbocycles. The highest BCUT2D eigenvalue weighted by Crippen LogP contribution is 2.52. The predicted molar refractivity (Wildman–Crippen MR) is 221 cm³/mol. The Morgan fingerprint density at radius 2 is 0.796 bits per heavy atom. The Morgan fingerprint density at radius 1 is 0.389 bits per heavy atom. The maximum absolute atomic E-state index is 6.24. The fourth-order valence-electron chi connectivity index (χ4n) is 7.88. The number of fused-ring (bicyclic) bond motifs is 7. The standard InChI is InChI=1S/C48H30N4OS/c1-5-13-43-39(9-1)51(40-10-2-6-14-44(40)53-43)33-21-17-31(18-22-33)35-27-29-49-47-37(35)25-26-38-36(28-30-50-48(38)47)32-19-23-34(24-20-32)52-41-11-3-7-15-45(41)54-46-16-8-4-12-42(46)52/h1-30H. The molecule has 7 aromatic carbocycles. The minimum Gasteiger partial charge on any atom is -0.453 e. The average Bonchev–Trinajstić information content (AvgIpc) is 3.24. The van der Waals surface area contributed by atoms with Gasteiger partial charge in [0, 0.05) is 44.3 Å². The molecule has 0 bridgehead atoms. The van der Waals surface area contributed by atoms with Gasteiger partial charge in [0.2, 0.25) is 0 Å². The van der Waals surface area contributed by atoms with Crippen LogP contribution in [0.2, 0.25) is 0 Å². The predicted octanol–water partition coefficient (Wildman–Crippen LogP) is 13.6. The third kappa shape index (κ3) is 4.88. The lowest BCUT2D eigenvalue weighted by atomic mass is 9.96. The molecule has 4 heterocycles. The molecule has 0 spiro atoms. The SMILES string of the molecule is c1ccc2c(c1)Oc1ccccc1N2c1ccc(-c2ccnc3c2ccc2c(-c4ccc(N5c6ccccc6Sc6ccccc65)cc4)ccnc23)cc1. The van der Waals surface area contributed by atoms with Gasteiger partial charge in [-0.05, 0) is 107 Å². The summed E-state index contributed by atoms with van der Waals surface area (Å²) in [5, 5.41) is 2.15. The number of anilines is 6. The molecule has 0 amide bonds. The lowest BCUT2D eigenvalue weighted by Gasteiger charge is -2.32. The summed E-state index contributed by atoms with van der Waals surface area (Å²) >= 11 is 1.82. The molecule has 5 nitrogen and oxygen atoms in total. The van der Waals surface area contributed by atoms with Crippen molar-refractivity contribution in [2.75, 3.05) is 9.80 Å². The van der Waals surface area contributed by atoms with Crippen molar-refractivity contribution < 1.29 is 4.74 Å². The minimum absolute atomic E-state index is 0.841. The fraction of sp³-hybridized carbons (Fsp3) is 0. The van der Waals surface area contributed by atoms with E-state index in [0.717, 1.165) is 78.3 Å². The summed E-state index contributed by atoms with van der Waals surface area (Å²) in [6.45, 7) is 0. The minimum atomic E-state index is 0.841. The van der Waals surface area contributed by atoms with E-state index in [1.54, 1.807) is 0 Å². The van der Waals surface area contributed by atoms with Crippen molar-refractivity contribution in [1.29, 1.82) is 0 Å². The molecule has 0 aliphatic carbocycles. The van der Waals surface area contributed by atoms with E-state index in [2.05, 4.69) is 143 Å². The second-order valence-electron chi connectivity index (χ2n) is 13.4. The summed E-state index contributed by atoms with van der Waals surface area (Å²) in [6, 6.07) is 59.8. The van der Waals surface area contributed by atoms with E-state index in [0.29, 0.717) is 0 Å². The van der Waals surface area contributed by atoms with Crippen LogP contribution in [0.5, 0.6) is 11.5 Å². The number of para-hydroxylation sites is 6. The second kappa shape index (κ2) is 12.4. The largest absolute Gasteiger partial charge is 0.453 e. The number of hydrogen-bond donors (Lipinski definition) is 0. The lowest BCUT2D eigenvalue weighted by molar-refractivity contribution is 0.477. The number of pyridine rings is 2. The molecule has 0 radical (unpaired) electrons. The van der Waals surface area contributed by atoms with Gasteiger partial charge in [-0.2, -0.15) is 0 Å². The number of benzene rings is 7. The first-order valence-corrected chi connectivity index (χ1v) is 18.8. The van der Waals surface area contributed by atoms with Crippen molar-refractivity contribution in [3.8, 4) is 33.8 Å². The molecule has 0 saturated heterocycles. The van der Waals surface area contributed by atoms with E-state index in [1.807, 2.05) is 60.6 Å². The highest BCUT2D eigenvalue weighted by atomic mass is 32.2. The van der Waals surface area contributed by atoms with E-state index in [-0.39, 0.29) is 0 Å². The zero-order chi connectivity index (χ0) is 35.6. The molecule has 2 aromatic heterocycles. The Kier molecular flexibility index (Phi) is 7.03. The zero-order valence-electron chi connectivity index (χ0n) is 28.9. The molecule has 54 heavy (non-hydrogen) atoms. The Balaban J connectivity index is 0.953. The molecule has 254 valence electrons. The highest BCUT2D eigenvalue weighted by Gasteiger charge is 2.26. The molecule has 0 atom stereocenters. The van der Waals surface area contributed by atoms with Crippen LogP contribution in [0.1, 0.15) is 0 Å². The maximum Gasteiger partial charge on any atom is 0.151 e. The Labute approximate surface area is 316 Å². The number of rotatable bonds is 4. The lowest BCUT2D eigenvalue weighted by Crippen LogP contribution is -2.15. The van der Waals surface area contributed by atoms with E-state index >= 15 is 0 Å². The molecular formula is C48H30N4OS. The van der Waals surface area contributed by atoms with Crippen LogP contribution in [0.15, 0.2) is 192 Å². The third-order valence-corrected chi connectivity index (χ3v) is 11.5. The molecule has 9 aromatic rings. The quantitative estimate of drug-likeness (QED) is 0.169. The normalized spacial score (nSPS) is 12.8. The molecular weight excluding hydrogens is 681 g/mol. The van der Waals surface area contributed by atoms with Gasteiger partial charge in [-0.1, -0.05) is 96.7 Å². The summed E-state index contributed by atoms with van der Waals surface area (Å²) in [4.78, 5) is 16.9. The monoisotopic (exact) mass is 710 g/mol. The number of ether oxygens (including phenoxy) is 1. The van der Waals surface area contributed by atoms with Crippen LogP contribution in [0, 0.1) is 0 Å². The summed E-state index contributed by atoms with van der Waals surface area (Å²) < 4.78 is 6.24. The van der Waals surface area contributed by atoms with Gasteiger partial charge in [0.05, 0.1) is 33.8 Å². The van der Waals surface area contributed by atoms with Gasteiger partial charge in [-0.3, -0.25) is 9.97 Å². The topological polar surface area (TPSA) is 41.5 Å². The molecule has 0 N–H and O–H groups in total. The van der Waals surface area contributed by atoms with Crippen molar-refractivity contribution in [2.45, 2.75) is 9.79 Å². The summed E-state index contributed by atoms with van der Waals surface area (Å²) in [5.41, 5.74) is 12.9. The van der Waals surface area contributed by atoms with Crippen molar-refractivity contribution in [2.24, 2.45) is 0 Å². The van der Waals surface area contributed by atoms with Crippen molar-refractivity contribution >= 4 is 67.7 Å². The van der Waals surface area contributed by atoms with Crippen LogP contribution >= 0.6 is 11.8 Å². The first-order valence-electron chi connectivity index (χ1n) is 18.0. The van der Waals surface area contributed by atoms with Gasteiger partial charge in [0.15, 0.2) is 11.5 Å². The second-order valence-corrected chi connectivity index (χ2v) is 14.5. The fourth-order valence-corrected chi connectivity index (χ4v) is 8.94. The van der Waals surface area contributed by atoms with Crippen LogP contribution in [0.25, 0.3) is 44.1 Å². The highest BCUT2D eigenvalue weighted by molar-refractivity contribution is 7.99. The molecule has 6 heteroatoms. The van der Waals surface area contributed by atoms with Crippen molar-refractivity contribution in [3.63, 3.8) is 0 Å². The van der Waals surface area contributed by atoms with Gasteiger partial charge < -0.3 is 14.5 Å². The van der Waals surface area contributed by atoms with E-state index in [1.165, 1.54) is 21.2 Å². The number of nitrogens with zero attached hydrogens (tertiary/aromatic N) is 4. The van der Waals surface area contributed by atoms with E-state index < -0.39 is 0 Å². The Bertz CT molecular complexity index is 2620. The van der Waals surface area contributed by atoms with Gasteiger partial charge >= 0.3 is 0 Å². The van der Waals surface area contributed by atoms with E-state index in [9.17, 15) is 0 Å². The summed E-state index contributed by atoms with van der Waals surface area (Å²) in [6.07, 6.45) is 3.80. The van der Waals surface area contributed by atoms with Crippen LogP contribution in [-0.4, -0.2) is 9.97 Å². The molecule has 0 fully saturated rings. The van der Waals surface area contributed by atoms with Crippen molar-refractivity contribution in [3.05, 3.63) is 182 Å². The smallest absolute Gasteiger partial charge is 0.151 e. The number of aromatic nitrogens is 2. The summed E-state index contributed by atoms with van der Waals surface area (Å²) in [7, 11) is 0. The van der Waals surface area contributed by atoms with E-state index in [4.69, 9.17) is 14.7 Å². The first-order chi connectivity index (χ1) is 26.8. The average molecular weight is 711 g/mol. The molecule has 2 aliphatic heterocycles. The van der Waals surface area contributed by atoms with Gasteiger partial charge in [-0.25, -0.2) is 0 Å². The van der Waals surface area contributed by atoms with Crippen LogP contribution < -0.4 is 14.5 Å².